The van der Waals surface area contributed by atoms with E-state index in [4.69, 9.17) is 0 Å². The number of carbonyl (C=O) groups is 2. The summed E-state index contributed by atoms with van der Waals surface area (Å²) in [4.78, 5) is 28.3. The number of amides is 2. The monoisotopic (exact) mass is 363 g/mol. The average Bonchev–Trinajstić information content (AvgIpc) is 2.69. The van der Waals surface area contributed by atoms with Gasteiger partial charge in [0.2, 0.25) is 5.91 Å². The Hall–Kier alpha value is -3.54. The van der Waals surface area contributed by atoms with E-state index >= 15 is 0 Å². The van der Waals surface area contributed by atoms with Crippen molar-refractivity contribution in [2.45, 2.75) is 13.0 Å². The van der Waals surface area contributed by atoms with Crippen LogP contribution in [0, 0.1) is 5.82 Å². The molecule has 2 amide bonds. The summed E-state index contributed by atoms with van der Waals surface area (Å²) in [6, 6.07) is 16.7. The molecule has 0 bridgehead atoms. The number of nitrogens with zero attached hydrogens (tertiary/aromatic N) is 1. The van der Waals surface area contributed by atoms with Crippen molar-refractivity contribution in [1.82, 2.24) is 10.3 Å². The van der Waals surface area contributed by atoms with E-state index in [1.165, 1.54) is 12.3 Å². The maximum atomic E-state index is 13.7. The van der Waals surface area contributed by atoms with E-state index in [2.05, 4.69) is 15.6 Å². The Morgan fingerprint density at radius 1 is 0.926 bits per heavy atom. The van der Waals surface area contributed by atoms with Gasteiger partial charge in [-0.3, -0.25) is 14.6 Å². The first kappa shape index (κ1) is 18.3. The summed E-state index contributed by atoms with van der Waals surface area (Å²) in [5, 5.41) is 5.58. The molecule has 3 aromatic rings. The lowest BCUT2D eigenvalue weighted by Gasteiger charge is -2.12. The Kier molecular flexibility index (Phi) is 5.89. The van der Waals surface area contributed by atoms with Crippen molar-refractivity contribution in [3.8, 4) is 0 Å². The summed E-state index contributed by atoms with van der Waals surface area (Å²) in [7, 11) is 0. The van der Waals surface area contributed by atoms with Gasteiger partial charge in [0, 0.05) is 24.6 Å². The molecule has 0 aliphatic carbocycles. The first-order valence-electron chi connectivity index (χ1n) is 8.43. The number of hydrogen-bond acceptors (Lipinski definition) is 3. The zero-order valence-corrected chi connectivity index (χ0v) is 14.5. The van der Waals surface area contributed by atoms with Crippen LogP contribution in [0.4, 0.5) is 10.1 Å². The van der Waals surface area contributed by atoms with Crippen LogP contribution >= 0.6 is 0 Å². The minimum absolute atomic E-state index is 0.0664. The molecule has 0 saturated heterocycles. The fourth-order valence-electron chi connectivity index (χ4n) is 2.58. The van der Waals surface area contributed by atoms with Crippen molar-refractivity contribution in [3.05, 3.63) is 95.6 Å². The summed E-state index contributed by atoms with van der Waals surface area (Å²) in [5.74, 6) is -0.994. The number of anilines is 1. The highest BCUT2D eigenvalue weighted by molar-refractivity contribution is 5.94. The molecular formula is C21H18FN3O2. The van der Waals surface area contributed by atoms with Gasteiger partial charge in [0.25, 0.3) is 5.91 Å². The van der Waals surface area contributed by atoms with Gasteiger partial charge in [-0.05, 0) is 35.4 Å². The van der Waals surface area contributed by atoms with Crippen molar-refractivity contribution in [3.63, 3.8) is 0 Å². The van der Waals surface area contributed by atoms with Crippen LogP contribution < -0.4 is 10.6 Å². The standard InChI is InChI=1S/C21H18FN3O2/c22-18-9-3-1-6-15(18)12-20(26)25-19-10-4-2-7-16(19)14-24-21(27)17-8-5-11-23-13-17/h1-11,13H,12,14H2,(H,24,27)(H,25,26). The van der Waals surface area contributed by atoms with E-state index in [1.54, 1.807) is 48.7 Å². The summed E-state index contributed by atoms with van der Waals surface area (Å²) in [6.07, 6.45) is 3.01. The number of rotatable bonds is 6. The van der Waals surface area contributed by atoms with Crippen LogP contribution in [0.25, 0.3) is 0 Å². The van der Waals surface area contributed by atoms with E-state index < -0.39 is 5.82 Å². The van der Waals surface area contributed by atoms with Gasteiger partial charge in [0.05, 0.1) is 12.0 Å². The van der Waals surface area contributed by atoms with E-state index in [0.29, 0.717) is 16.8 Å². The van der Waals surface area contributed by atoms with E-state index in [0.717, 1.165) is 5.56 Å². The molecule has 1 heterocycles. The quantitative estimate of drug-likeness (QED) is 0.706. The third-order valence-corrected chi connectivity index (χ3v) is 3.96. The van der Waals surface area contributed by atoms with Crippen molar-refractivity contribution < 1.29 is 14.0 Å². The predicted octanol–water partition coefficient (Wildman–Crippen LogP) is 3.33. The SMILES string of the molecule is O=C(Cc1ccccc1F)Nc1ccccc1CNC(=O)c1cccnc1. The smallest absolute Gasteiger partial charge is 0.253 e. The van der Waals surface area contributed by atoms with Crippen LogP contribution in [0.2, 0.25) is 0 Å². The third-order valence-electron chi connectivity index (χ3n) is 3.96. The molecule has 2 aromatic carbocycles. The molecule has 0 unspecified atom stereocenters. The minimum atomic E-state index is -0.412. The fraction of sp³-hybridized carbons (Fsp3) is 0.0952. The third kappa shape index (κ3) is 4.98. The van der Waals surface area contributed by atoms with Gasteiger partial charge in [-0.15, -0.1) is 0 Å². The Balaban J connectivity index is 1.64. The normalized spacial score (nSPS) is 10.3. The number of benzene rings is 2. The van der Waals surface area contributed by atoms with E-state index in [1.807, 2.05) is 12.1 Å². The molecule has 27 heavy (non-hydrogen) atoms. The first-order chi connectivity index (χ1) is 13.1. The second-order valence-corrected chi connectivity index (χ2v) is 5.90. The molecule has 1 aromatic heterocycles. The molecule has 6 heteroatoms. The van der Waals surface area contributed by atoms with Crippen molar-refractivity contribution in [2.75, 3.05) is 5.32 Å². The van der Waals surface area contributed by atoms with Gasteiger partial charge in [0.15, 0.2) is 0 Å². The Labute approximate surface area is 156 Å². The summed E-state index contributed by atoms with van der Waals surface area (Å²) in [6.45, 7) is 0.240. The second kappa shape index (κ2) is 8.71. The summed E-state index contributed by atoms with van der Waals surface area (Å²) >= 11 is 0. The summed E-state index contributed by atoms with van der Waals surface area (Å²) in [5.41, 5.74) is 2.11. The first-order valence-corrected chi connectivity index (χ1v) is 8.43. The number of pyridine rings is 1. The minimum Gasteiger partial charge on any atom is -0.348 e. The average molecular weight is 363 g/mol. The molecular weight excluding hydrogens is 345 g/mol. The van der Waals surface area contributed by atoms with Gasteiger partial charge >= 0.3 is 0 Å². The molecule has 0 spiro atoms. The number of nitrogens with one attached hydrogen (secondary N) is 2. The molecule has 0 saturated carbocycles. The molecule has 3 rings (SSSR count). The molecule has 2 N–H and O–H groups in total. The predicted molar refractivity (Wildman–Crippen MR) is 101 cm³/mol. The number of carbonyl (C=O) groups excluding carboxylic acids is 2. The topological polar surface area (TPSA) is 71.1 Å². The molecule has 0 fully saturated rings. The Bertz CT molecular complexity index is 945. The Morgan fingerprint density at radius 2 is 1.67 bits per heavy atom. The van der Waals surface area contributed by atoms with Gasteiger partial charge in [-0.2, -0.15) is 0 Å². The highest BCUT2D eigenvalue weighted by Gasteiger charge is 2.11. The Morgan fingerprint density at radius 3 is 2.41 bits per heavy atom. The maximum Gasteiger partial charge on any atom is 0.253 e. The van der Waals surface area contributed by atoms with E-state index in [9.17, 15) is 14.0 Å². The largest absolute Gasteiger partial charge is 0.348 e. The maximum absolute atomic E-state index is 13.7. The van der Waals surface area contributed by atoms with Crippen LogP contribution in [0.15, 0.2) is 73.1 Å². The lowest BCUT2D eigenvalue weighted by atomic mass is 10.1. The zero-order valence-electron chi connectivity index (χ0n) is 14.5. The van der Waals surface area contributed by atoms with Crippen molar-refractivity contribution in [1.29, 1.82) is 0 Å². The van der Waals surface area contributed by atoms with Gasteiger partial charge in [0.1, 0.15) is 5.82 Å². The fourth-order valence-corrected chi connectivity index (χ4v) is 2.58. The zero-order chi connectivity index (χ0) is 19.1. The number of halogens is 1. The van der Waals surface area contributed by atoms with Crippen LogP contribution in [0.3, 0.4) is 0 Å². The molecule has 0 aliphatic rings. The number of aromatic nitrogens is 1. The van der Waals surface area contributed by atoms with Crippen molar-refractivity contribution >= 4 is 17.5 Å². The number of hydrogen-bond donors (Lipinski definition) is 2. The molecule has 0 atom stereocenters. The molecule has 0 aliphatic heterocycles. The van der Waals surface area contributed by atoms with E-state index in [-0.39, 0.29) is 24.8 Å². The van der Waals surface area contributed by atoms with Crippen LogP contribution in [0.1, 0.15) is 21.5 Å². The van der Waals surface area contributed by atoms with Crippen LogP contribution in [-0.2, 0) is 17.8 Å². The van der Waals surface area contributed by atoms with Gasteiger partial charge < -0.3 is 10.6 Å². The molecule has 0 radical (unpaired) electrons. The number of para-hydroxylation sites is 1. The van der Waals surface area contributed by atoms with Crippen LogP contribution in [0.5, 0.6) is 0 Å². The molecule has 136 valence electrons. The van der Waals surface area contributed by atoms with Crippen molar-refractivity contribution in [2.24, 2.45) is 0 Å². The molecule has 5 nitrogen and oxygen atoms in total. The summed E-state index contributed by atoms with van der Waals surface area (Å²) < 4.78 is 13.7. The van der Waals surface area contributed by atoms with Gasteiger partial charge in [-0.1, -0.05) is 36.4 Å². The highest BCUT2D eigenvalue weighted by Crippen LogP contribution is 2.16. The van der Waals surface area contributed by atoms with Crippen LogP contribution in [-0.4, -0.2) is 16.8 Å². The second-order valence-electron chi connectivity index (χ2n) is 5.90. The lowest BCUT2D eigenvalue weighted by molar-refractivity contribution is -0.115. The van der Waals surface area contributed by atoms with Gasteiger partial charge in [-0.25, -0.2) is 4.39 Å². The highest BCUT2D eigenvalue weighted by atomic mass is 19.1. The lowest BCUT2D eigenvalue weighted by Crippen LogP contribution is -2.24.